The van der Waals surface area contributed by atoms with E-state index in [2.05, 4.69) is 35.4 Å². The van der Waals surface area contributed by atoms with E-state index in [9.17, 15) is 4.79 Å². The van der Waals surface area contributed by atoms with Gasteiger partial charge in [-0.05, 0) is 50.9 Å². The average molecular weight is 414 g/mol. The van der Waals surface area contributed by atoms with Gasteiger partial charge in [-0.2, -0.15) is 0 Å². The zero-order valence-electron chi connectivity index (χ0n) is 16.6. The Morgan fingerprint density at radius 2 is 1.89 bits per heavy atom. The van der Waals surface area contributed by atoms with Crippen molar-refractivity contribution < 1.29 is 0 Å². The van der Waals surface area contributed by atoms with Crippen LogP contribution < -0.4 is 5.43 Å². The Kier molecular flexibility index (Phi) is 6.19. The molecule has 0 fully saturated rings. The normalized spacial score (nSPS) is 14.0. The van der Waals surface area contributed by atoms with Crippen molar-refractivity contribution in [2.75, 3.05) is 25.4 Å². The fraction of sp³-hybridized carbons (Fsp3) is 0.455. The number of nitrogens with zero attached hydrogens (tertiary/aromatic N) is 3. The molecule has 0 spiro atoms. The van der Waals surface area contributed by atoms with Crippen LogP contribution in [0, 0.1) is 0 Å². The van der Waals surface area contributed by atoms with Crippen molar-refractivity contribution >= 4 is 33.4 Å². The Hall–Kier alpha value is -1.63. The highest BCUT2D eigenvalue weighted by Crippen LogP contribution is 2.33. The molecule has 0 atom stereocenters. The van der Waals surface area contributed by atoms with E-state index in [1.54, 1.807) is 23.1 Å². The molecule has 28 heavy (non-hydrogen) atoms. The second kappa shape index (κ2) is 8.80. The van der Waals surface area contributed by atoms with Crippen LogP contribution in [-0.2, 0) is 12.8 Å². The van der Waals surface area contributed by atoms with E-state index >= 15 is 0 Å². The lowest BCUT2D eigenvalue weighted by atomic mass is 9.98. The summed E-state index contributed by atoms with van der Waals surface area (Å²) < 4.78 is 2.20. The molecule has 148 valence electrons. The van der Waals surface area contributed by atoms with Gasteiger partial charge in [-0.3, -0.25) is 9.36 Å². The third-order valence-electron chi connectivity index (χ3n) is 5.48. The number of imidazole rings is 1. The topological polar surface area (TPSA) is 38.1 Å². The SMILES string of the molecule is CCN(CC)CCSc1nc2c(=O)c3c(sc2n1-c1ccccc1)CCCC3. The maximum atomic E-state index is 13.2. The summed E-state index contributed by atoms with van der Waals surface area (Å²) in [6.45, 7) is 7.55. The third-order valence-corrected chi connectivity index (χ3v) is 7.66. The second-order valence-electron chi connectivity index (χ2n) is 7.13. The van der Waals surface area contributed by atoms with Gasteiger partial charge >= 0.3 is 0 Å². The molecule has 4 nitrogen and oxygen atoms in total. The fourth-order valence-corrected chi connectivity index (χ4v) is 6.21. The number of hydrogen-bond acceptors (Lipinski definition) is 5. The van der Waals surface area contributed by atoms with Gasteiger partial charge in [-0.25, -0.2) is 4.98 Å². The number of rotatable bonds is 7. The van der Waals surface area contributed by atoms with E-state index < -0.39 is 0 Å². The molecule has 0 bridgehead atoms. The third kappa shape index (κ3) is 3.78. The molecule has 1 aromatic carbocycles. The molecule has 0 saturated heterocycles. The summed E-state index contributed by atoms with van der Waals surface area (Å²) in [5.74, 6) is 0.969. The van der Waals surface area contributed by atoms with Gasteiger partial charge in [0.15, 0.2) is 5.16 Å². The van der Waals surface area contributed by atoms with Crippen molar-refractivity contribution in [1.82, 2.24) is 14.5 Å². The van der Waals surface area contributed by atoms with Crippen molar-refractivity contribution in [3.8, 4) is 5.69 Å². The zero-order chi connectivity index (χ0) is 19.5. The molecule has 0 amide bonds. The molecule has 4 rings (SSSR count). The van der Waals surface area contributed by atoms with Gasteiger partial charge < -0.3 is 4.90 Å². The first-order valence-electron chi connectivity index (χ1n) is 10.2. The number of thioether (sulfide) groups is 1. The van der Waals surface area contributed by atoms with Gasteiger partial charge in [0.2, 0.25) is 5.43 Å². The van der Waals surface area contributed by atoms with E-state index in [1.807, 2.05) is 18.2 Å². The van der Waals surface area contributed by atoms with Crippen LogP contribution in [0.3, 0.4) is 0 Å². The summed E-state index contributed by atoms with van der Waals surface area (Å²) in [5.41, 5.74) is 2.91. The molecule has 6 heteroatoms. The number of benzene rings is 1. The number of para-hydroxylation sites is 1. The first kappa shape index (κ1) is 19.7. The van der Waals surface area contributed by atoms with Crippen LogP contribution >= 0.6 is 23.1 Å². The highest BCUT2D eigenvalue weighted by Gasteiger charge is 2.22. The predicted molar refractivity (Wildman–Crippen MR) is 120 cm³/mol. The average Bonchev–Trinajstić information content (AvgIpc) is 3.10. The minimum absolute atomic E-state index is 0.156. The Morgan fingerprint density at radius 3 is 2.64 bits per heavy atom. The number of aryl methyl sites for hydroxylation is 1. The summed E-state index contributed by atoms with van der Waals surface area (Å²) >= 11 is 3.53. The van der Waals surface area contributed by atoms with Crippen LogP contribution in [0.1, 0.15) is 37.1 Å². The van der Waals surface area contributed by atoms with E-state index in [1.165, 1.54) is 11.3 Å². The fourth-order valence-electron chi connectivity index (χ4n) is 3.83. The van der Waals surface area contributed by atoms with Crippen LogP contribution in [-0.4, -0.2) is 39.8 Å². The van der Waals surface area contributed by atoms with Gasteiger partial charge in [-0.15, -0.1) is 11.3 Å². The van der Waals surface area contributed by atoms with Crippen LogP contribution in [0.5, 0.6) is 0 Å². The van der Waals surface area contributed by atoms with E-state index in [0.717, 1.165) is 65.9 Å². The number of aromatic nitrogens is 2. The largest absolute Gasteiger partial charge is 0.303 e. The van der Waals surface area contributed by atoms with Crippen molar-refractivity contribution in [3.63, 3.8) is 0 Å². The van der Waals surface area contributed by atoms with E-state index in [-0.39, 0.29) is 5.43 Å². The Balaban J connectivity index is 1.79. The van der Waals surface area contributed by atoms with Gasteiger partial charge in [0.1, 0.15) is 10.3 Å². The first-order valence-corrected chi connectivity index (χ1v) is 12.0. The van der Waals surface area contributed by atoms with Crippen LogP contribution in [0.4, 0.5) is 0 Å². The summed E-state index contributed by atoms with van der Waals surface area (Å²) in [7, 11) is 0. The lowest BCUT2D eigenvalue weighted by molar-refractivity contribution is 0.324. The van der Waals surface area contributed by atoms with Gasteiger partial charge in [0.25, 0.3) is 0 Å². The highest BCUT2D eigenvalue weighted by atomic mass is 32.2. The smallest absolute Gasteiger partial charge is 0.211 e. The predicted octanol–water partition coefficient (Wildman–Crippen LogP) is 4.76. The highest BCUT2D eigenvalue weighted by molar-refractivity contribution is 7.99. The van der Waals surface area contributed by atoms with Gasteiger partial charge in [0.05, 0.1) is 0 Å². The van der Waals surface area contributed by atoms with Crippen molar-refractivity contribution in [3.05, 3.63) is 51.0 Å². The molecule has 0 unspecified atom stereocenters. The zero-order valence-corrected chi connectivity index (χ0v) is 18.2. The molecular weight excluding hydrogens is 386 g/mol. The molecule has 2 aromatic heterocycles. The molecular formula is C22H27N3OS2. The summed E-state index contributed by atoms with van der Waals surface area (Å²) in [6, 6.07) is 10.3. The quantitative estimate of drug-likeness (QED) is 0.524. The Labute approximate surface area is 174 Å². The van der Waals surface area contributed by atoms with E-state index in [0.29, 0.717) is 5.52 Å². The molecule has 0 saturated carbocycles. The second-order valence-corrected chi connectivity index (χ2v) is 9.28. The minimum Gasteiger partial charge on any atom is -0.303 e. The molecule has 2 heterocycles. The van der Waals surface area contributed by atoms with Crippen LogP contribution in [0.25, 0.3) is 16.0 Å². The number of fused-ring (bicyclic) bond motifs is 2. The van der Waals surface area contributed by atoms with E-state index in [4.69, 9.17) is 4.98 Å². The monoisotopic (exact) mass is 413 g/mol. The summed E-state index contributed by atoms with van der Waals surface area (Å²) in [4.78, 5) is 22.7. The Morgan fingerprint density at radius 1 is 1.14 bits per heavy atom. The van der Waals surface area contributed by atoms with Crippen LogP contribution in [0.2, 0.25) is 0 Å². The minimum atomic E-state index is 0.156. The molecule has 3 aromatic rings. The summed E-state index contributed by atoms with van der Waals surface area (Å²) in [5, 5.41) is 0.934. The lowest BCUT2D eigenvalue weighted by Gasteiger charge is -2.17. The van der Waals surface area contributed by atoms with Crippen LogP contribution in [0.15, 0.2) is 40.3 Å². The Bertz CT molecular complexity index is 1010. The van der Waals surface area contributed by atoms with Crippen molar-refractivity contribution in [2.45, 2.75) is 44.7 Å². The standard InChI is InChI=1S/C22H27N3OS2/c1-3-24(4-2)14-15-27-22-23-19-20(26)17-12-8-9-13-18(17)28-21(19)25(22)16-10-6-5-7-11-16/h5-7,10-11H,3-4,8-9,12-15H2,1-2H3. The molecule has 0 aliphatic heterocycles. The number of hydrogen-bond donors (Lipinski definition) is 0. The first-order chi connectivity index (χ1) is 13.7. The maximum absolute atomic E-state index is 13.2. The molecule has 1 aliphatic rings. The summed E-state index contributed by atoms with van der Waals surface area (Å²) in [6.07, 6.45) is 4.23. The maximum Gasteiger partial charge on any atom is 0.211 e. The van der Waals surface area contributed by atoms with Crippen molar-refractivity contribution in [2.24, 2.45) is 0 Å². The van der Waals surface area contributed by atoms with Gasteiger partial charge in [-0.1, -0.05) is 43.8 Å². The molecule has 0 N–H and O–H groups in total. The molecule has 1 aliphatic carbocycles. The molecule has 0 radical (unpaired) electrons. The lowest BCUT2D eigenvalue weighted by Crippen LogP contribution is -2.25. The van der Waals surface area contributed by atoms with Crippen molar-refractivity contribution in [1.29, 1.82) is 0 Å². The van der Waals surface area contributed by atoms with Gasteiger partial charge in [0, 0.05) is 28.4 Å².